The summed E-state index contributed by atoms with van der Waals surface area (Å²) in [6, 6.07) is 7.43. The lowest BCUT2D eigenvalue weighted by molar-refractivity contribution is 0.0526. The number of anilines is 2. The molecule has 1 unspecified atom stereocenters. The molecule has 1 heterocycles. The second-order valence-electron chi connectivity index (χ2n) is 4.78. The number of hydrogen-bond donors (Lipinski definition) is 2. The largest absolute Gasteiger partial charge is 0.462 e. The van der Waals surface area contributed by atoms with E-state index in [2.05, 4.69) is 29.5 Å². The van der Waals surface area contributed by atoms with Crippen LogP contribution in [0.25, 0.3) is 0 Å². The average molecular weight is 319 g/mol. The maximum Gasteiger partial charge on any atom is 0.338 e. The first-order valence-electron chi connectivity index (χ1n) is 7.37. The number of esters is 1. The molecule has 2 N–H and O–H groups in total. The molecule has 1 aromatic carbocycles. The molecule has 0 spiro atoms. The van der Waals surface area contributed by atoms with E-state index in [1.807, 2.05) is 17.5 Å². The van der Waals surface area contributed by atoms with Gasteiger partial charge in [0.25, 0.3) is 0 Å². The maximum atomic E-state index is 11.6. The van der Waals surface area contributed by atoms with Crippen molar-refractivity contribution < 1.29 is 9.53 Å². The van der Waals surface area contributed by atoms with Gasteiger partial charge in [-0.2, -0.15) is 0 Å². The summed E-state index contributed by atoms with van der Waals surface area (Å²) in [5.41, 5.74) is 2.47. The van der Waals surface area contributed by atoms with Gasteiger partial charge in [0.1, 0.15) is 0 Å². The van der Waals surface area contributed by atoms with Crippen LogP contribution in [0.2, 0.25) is 0 Å². The zero-order chi connectivity index (χ0) is 15.9. The van der Waals surface area contributed by atoms with Crippen LogP contribution in [0, 0.1) is 0 Å². The quantitative estimate of drug-likeness (QED) is 0.761. The highest BCUT2D eigenvalue weighted by Gasteiger charge is 2.10. The number of carbonyl (C=O) groups is 1. The molecule has 2 aromatic rings. The van der Waals surface area contributed by atoms with Crippen molar-refractivity contribution in [2.75, 3.05) is 18.5 Å². The number of ether oxygens (including phenoxy) is 1. The molecule has 5 nitrogen and oxygen atoms in total. The number of nitrogens with one attached hydrogen (secondary N) is 2. The third kappa shape index (κ3) is 4.29. The van der Waals surface area contributed by atoms with Gasteiger partial charge in [0.2, 0.25) is 0 Å². The highest BCUT2D eigenvalue weighted by atomic mass is 32.1. The van der Waals surface area contributed by atoms with Gasteiger partial charge in [-0.05, 0) is 44.7 Å². The molecule has 2 rings (SSSR count). The van der Waals surface area contributed by atoms with Gasteiger partial charge in [-0.3, -0.25) is 0 Å². The number of benzene rings is 1. The monoisotopic (exact) mass is 319 g/mol. The molecule has 22 heavy (non-hydrogen) atoms. The number of carbonyl (C=O) groups excluding carboxylic acids is 1. The van der Waals surface area contributed by atoms with Crippen molar-refractivity contribution in [2.24, 2.45) is 0 Å². The minimum absolute atomic E-state index is 0.239. The van der Waals surface area contributed by atoms with Gasteiger partial charge in [-0.15, -0.1) is 11.3 Å². The van der Waals surface area contributed by atoms with Crippen LogP contribution in [0.5, 0.6) is 0 Å². The van der Waals surface area contributed by atoms with E-state index in [-0.39, 0.29) is 12.0 Å². The normalized spacial score (nSPS) is 12.0. The summed E-state index contributed by atoms with van der Waals surface area (Å²) in [7, 11) is 0. The van der Waals surface area contributed by atoms with Crippen LogP contribution in [0.3, 0.4) is 0 Å². The molecule has 0 aliphatic heterocycles. The van der Waals surface area contributed by atoms with Gasteiger partial charge < -0.3 is 15.4 Å². The SMILES string of the molecule is CCNC(C)c1csc(Nc2ccc(C(=O)OCC)cc2)n1. The van der Waals surface area contributed by atoms with Crippen LogP contribution in [-0.4, -0.2) is 24.1 Å². The molecule has 0 saturated carbocycles. The Morgan fingerprint density at radius 3 is 2.68 bits per heavy atom. The predicted octanol–water partition coefficient (Wildman–Crippen LogP) is 3.73. The first-order chi connectivity index (χ1) is 10.6. The van der Waals surface area contributed by atoms with Crippen LogP contribution in [0.4, 0.5) is 10.8 Å². The fourth-order valence-electron chi connectivity index (χ4n) is 1.98. The molecule has 118 valence electrons. The summed E-state index contributed by atoms with van der Waals surface area (Å²) in [6.45, 7) is 7.26. The summed E-state index contributed by atoms with van der Waals surface area (Å²) >= 11 is 1.56. The smallest absolute Gasteiger partial charge is 0.338 e. The Kier molecular flexibility index (Phi) is 5.91. The first kappa shape index (κ1) is 16.5. The molecule has 1 aromatic heterocycles. The van der Waals surface area contributed by atoms with E-state index < -0.39 is 0 Å². The van der Waals surface area contributed by atoms with Gasteiger partial charge in [-0.25, -0.2) is 9.78 Å². The van der Waals surface area contributed by atoms with Crippen molar-refractivity contribution in [3.63, 3.8) is 0 Å². The van der Waals surface area contributed by atoms with Gasteiger partial charge in [0.15, 0.2) is 5.13 Å². The summed E-state index contributed by atoms with van der Waals surface area (Å²) in [5.74, 6) is -0.301. The molecule has 0 saturated heterocycles. The Morgan fingerprint density at radius 1 is 1.32 bits per heavy atom. The Labute approximate surface area is 134 Å². The minimum Gasteiger partial charge on any atom is -0.462 e. The molecule has 6 heteroatoms. The highest BCUT2D eigenvalue weighted by molar-refractivity contribution is 7.13. The molecule has 1 atom stereocenters. The second kappa shape index (κ2) is 7.91. The van der Waals surface area contributed by atoms with E-state index in [1.165, 1.54) is 0 Å². The lowest BCUT2D eigenvalue weighted by atomic mass is 10.2. The molecule has 0 fully saturated rings. The van der Waals surface area contributed by atoms with Gasteiger partial charge in [0, 0.05) is 17.1 Å². The summed E-state index contributed by atoms with van der Waals surface area (Å²) in [6.07, 6.45) is 0. The van der Waals surface area contributed by atoms with E-state index in [0.29, 0.717) is 12.2 Å². The first-order valence-corrected chi connectivity index (χ1v) is 8.25. The topological polar surface area (TPSA) is 63.2 Å². The average Bonchev–Trinajstić information content (AvgIpc) is 2.97. The zero-order valence-electron chi connectivity index (χ0n) is 13.1. The minimum atomic E-state index is -0.301. The Bertz CT molecular complexity index is 610. The molecule has 0 amide bonds. The Balaban J connectivity index is 2.00. The molecule has 0 bridgehead atoms. The molecular formula is C16H21N3O2S. The number of hydrogen-bond acceptors (Lipinski definition) is 6. The van der Waals surface area contributed by atoms with Crippen LogP contribution in [-0.2, 0) is 4.74 Å². The molecule has 0 aliphatic carbocycles. The molecular weight excluding hydrogens is 298 g/mol. The third-order valence-corrected chi connectivity index (χ3v) is 3.90. The van der Waals surface area contributed by atoms with E-state index in [9.17, 15) is 4.79 Å². The predicted molar refractivity (Wildman–Crippen MR) is 89.9 cm³/mol. The van der Waals surface area contributed by atoms with Crippen molar-refractivity contribution in [3.05, 3.63) is 40.9 Å². The highest BCUT2D eigenvalue weighted by Crippen LogP contribution is 2.24. The van der Waals surface area contributed by atoms with Crippen molar-refractivity contribution >= 4 is 28.1 Å². The second-order valence-corrected chi connectivity index (χ2v) is 5.64. The van der Waals surface area contributed by atoms with Crippen molar-refractivity contribution in [1.82, 2.24) is 10.3 Å². The zero-order valence-corrected chi connectivity index (χ0v) is 13.9. The Morgan fingerprint density at radius 2 is 2.05 bits per heavy atom. The van der Waals surface area contributed by atoms with E-state index in [4.69, 9.17) is 4.74 Å². The van der Waals surface area contributed by atoms with Gasteiger partial charge in [-0.1, -0.05) is 6.92 Å². The number of aromatic nitrogens is 1. The van der Waals surface area contributed by atoms with Crippen LogP contribution < -0.4 is 10.6 Å². The lowest BCUT2D eigenvalue weighted by Gasteiger charge is -2.08. The fourth-order valence-corrected chi connectivity index (χ4v) is 2.80. The van der Waals surface area contributed by atoms with Crippen LogP contribution in [0.1, 0.15) is 42.9 Å². The summed E-state index contributed by atoms with van der Waals surface area (Å²) < 4.78 is 4.96. The summed E-state index contributed by atoms with van der Waals surface area (Å²) in [5, 5.41) is 9.46. The van der Waals surface area contributed by atoms with Crippen LogP contribution >= 0.6 is 11.3 Å². The van der Waals surface area contributed by atoms with Crippen molar-refractivity contribution in [3.8, 4) is 0 Å². The molecule has 0 radical (unpaired) electrons. The maximum absolute atomic E-state index is 11.6. The number of nitrogens with zero attached hydrogens (tertiary/aromatic N) is 1. The standard InChI is InChI=1S/C16H21N3O2S/c1-4-17-11(3)14-10-22-16(19-14)18-13-8-6-12(7-9-13)15(20)21-5-2/h6-11,17H,4-5H2,1-3H3,(H,18,19). The van der Waals surface area contributed by atoms with Gasteiger partial charge >= 0.3 is 5.97 Å². The lowest BCUT2D eigenvalue weighted by Crippen LogP contribution is -2.17. The van der Waals surface area contributed by atoms with E-state index in [0.717, 1.165) is 23.1 Å². The van der Waals surface area contributed by atoms with E-state index in [1.54, 1.807) is 30.4 Å². The van der Waals surface area contributed by atoms with Crippen molar-refractivity contribution in [1.29, 1.82) is 0 Å². The number of rotatable bonds is 7. The molecule has 0 aliphatic rings. The van der Waals surface area contributed by atoms with Gasteiger partial charge in [0.05, 0.1) is 17.9 Å². The Hall–Kier alpha value is -1.92. The van der Waals surface area contributed by atoms with Crippen molar-refractivity contribution in [2.45, 2.75) is 26.8 Å². The number of thiazole rings is 1. The fraction of sp³-hybridized carbons (Fsp3) is 0.375. The third-order valence-electron chi connectivity index (χ3n) is 3.12. The summed E-state index contributed by atoms with van der Waals surface area (Å²) in [4.78, 5) is 16.2. The van der Waals surface area contributed by atoms with Crippen LogP contribution in [0.15, 0.2) is 29.6 Å². The van der Waals surface area contributed by atoms with E-state index >= 15 is 0 Å².